The molecule has 2 amide bonds. The summed E-state index contributed by atoms with van der Waals surface area (Å²) in [5.41, 5.74) is 4.42. The van der Waals surface area contributed by atoms with Crippen molar-refractivity contribution in [2.24, 2.45) is 0 Å². The molecule has 2 rings (SSSR count). The van der Waals surface area contributed by atoms with E-state index in [2.05, 4.69) is 10.9 Å². The van der Waals surface area contributed by atoms with Gasteiger partial charge in [-0.1, -0.05) is 18.2 Å². The molecule has 0 heterocycles. The Balaban J connectivity index is 2.02. The van der Waals surface area contributed by atoms with Crippen molar-refractivity contribution >= 4 is 11.8 Å². The van der Waals surface area contributed by atoms with Crippen LogP contribution in [0.15, 0.2) is 42.5 Å². The maximum absolute atomic E-state index is 13.4. The first-order valence-electron chi connectivity index (χ1n) is 6.10. The van der Waals surface area contributed by atoms with E-state index in [1.807, 2.05) is 0 Å². The summed E-state index contributed by atoms with van der Waals surface area (Å²) in [6.07, 6.45) is 0. The van der Waals surface area contributed by atoms with E-state index in [1.54, 1.807) is 6.92 Å². The quantitative estimate of drug-likeness (QED) is 0.834. The molecule has 4 nitrogen and oxygen atoms in total. The van der Waals surface area contributed by atoms with E-state index >= 15 is 0 Å². The second-order valence-electron chi connectivity index (χ2n) is 4.35. The molecule has 0 atom stereocenters. The fourth-order valence-electron chi connectivity index (χ4n) is 1.63. The summed E-state index contributed by atoms with van der Waals surface area (Å²) < 4.78 is 26.7. The molecule has 0 fully saturated rings. The highest BCUT2D eigenvalue weighted by Crippen LogP contribution is 2.09. The Morgan fingerprint density at radius 3 is 2.24 bits per heavy atom. The average molecular weight is 290 g/mol. The van der Waals surface area contributed by atoms with Gasteiger partial charge >= 0.3 is 0 Å². The summed E-state index contributed by atoms with van der Waals surface area (Å²) in [5, 5.41) is 0. The minimum absolute atomic E-state index is 0.0481. The van der Waals surface area contributed by atoms with Crippen molar-refractivity contribution in [2.75, 3.05) is 0 Å². The molecular formula is C15H12F2N2O2. The van der Waals surface area contributed by atoms with E-state index in [0.717, 1.165) is 12.1 Å². The zero-order valence-electron chi connectivity index (χ0n) is 11.1. The van der Waals surface area contributed by atoms with E-state index in [4.69, 9.17) is 0 Å². The Kier molecular flexibility index (Phi) is 4.27. The third-order valence-electron chi connectivity index (χ3n) is 2.84. The molecule has 0 radical (unpaired) electrons. The molecule has 2 aromatic rings. The first-order chi connectivity index (χ1) is 9.99. The Morgan fingerprint density at radius 1 is 0.905 bits per heavy atom. The van der Waals surface area contributed by atoms with Crippen molar-refractivity contribution in [3.63, 3.8) is 0 Å². The Hall–Kier alpha value is -2.76. The van der Waals surface area contributed by atoms with Gasteiger partial charge in [-0.3, -0.25) is 20.4 Å². The lowest BCUT2D eigenvalue weighted by molar-refractivity contribution is 0.0844. The summed E-state index contributed by atoms with van der Waals surface area (Å²) >= 11 is 0. The Morgan fingerprint density at radius 2 is 1.57 bits per heavy atom. The zero-order valence-corrected chi connectivity index (χ0v) is 11.1. The zero-order chi connectivity index (χ0) is 15.4. The molecule has 0 aromatic heterocycles. The average Bonchev–Trinajstić information content (AvgIpc) is 2.47. The van der Waals surface area contributed by atoms with Crippen LogP contribution in [0.25, 0.3) is 0 Å². The highest BCUT2D eigenvalue weighted by atomic mass is 19.1. The van der Waals surface area contributed by atoms with Gasteiger partial charge in [-0.25, -0.2) is 8.78 Å². The van der Waals surface area contributed by atoms with E-state index in [1.165, 1.54) is 30.3 Å². The van der Waals surface area contributed by atoms with Crippen LogP contribution in [0.3, 0.4) is 0 Å². The number of benzene rings is 2. The van der Waals surface area contributed by atoms with Crippen LogP contribution in [0, 0.1) is 18.6 Å². The molecule has 0 aliphatic carbocycles. The molecule has 0 aliphatic rings. The topological polar surface area (TPSA) is 58.2 Å². The lowest BCUT2D eigenvalue weighted by Gasteiger charge is -2.08. The first kappa shape index (κ1) is 14.6. The molecule has 0 saturated carbocycles. The number of hydrogen-bond donors (Lipinski definition) is 2. The summed E-state index contributed by atoms with van der Waals surface area (Å²) in [6.45, 7) is 1.57. The second kappa shape index (κ2) is 6.13. The number of amides is 2. The van der Waals surface area contributed by atoms with Gasteiger partial charge in [0.15, 0.2) is 0 Å². The number of carbonyl (C=O) groups is 2. The van der Waals surface area contributed by atoms with Crippen molar-refractivity contribution in [2.45, 2.75) is 6.92 Å². The van der Waals surface area contributed by atoms with Crippen molar-refractivity contribution in [3.05, 3.63) is 70.8 Å². The molecule has 2 N–H and O–H groups in total. The van der Waals surface area contributed by atoms with Gasteiger partial charge in [0.2, 0.25) is 0 Å². The van der Waals surface area contributed by atoms with Crippen molar-refractivity contribution in [1.29, 1.82) is 0 Å². The minimum atomic E-state index is -0.797. The maximum atomic E-state index is 13.4. The van der Waals surface area contributed by atoms with Crippen molar-refractivity contribution in [1.82, 2.24) is 10.9 Å². The molecule has 108 valence electrons. The highest BCUT2D eigenvalue weighted by molar-refractivity contribution is 5.99. The standard InChI is InChI=1S/C15H12F2N2O2/c1-9-6-7-10(8-13(9)17)14(20)18-19-15(21)11-4-2-3-5-12(11)16/h2-8H,1H3,(H,18,20)(H,19,21). The minimum Gasteiger partial charge on any atom is -0.267 e. The fourth-order valence-corrected chi connectivity index (χ4v) is 1.63. The number of halogens is 2. The molecular weight excluding hydrogens is 278 g/mol. The number of hydrazine groups is 1. The Bertz CT molecular complexity index is 702. The normalized spacial score (nSPS) is 10.0. The van der Waals surface area contributed by atoms with E-state index in [9.17, 15) is 18.4 Å². The molecule has 21 heavy (non-hydrogen) atoms. The van der Waals surface area contributed by atoms with Gasteiger partial charge in [-0.05, 0) is 36.8 Å². The third kappa shape index (κ3) is 3.42. The van der Waals surface area contributed by atoms with Gasteiger partial charge in [-0.15, -0.1) is 0 Å². The highest BCUT2D eigenvalue weighted by Gasteiger charge is 2.13. The number of hydrogen-bond acceptors (Lipinski definition) is 2. The number of nitrogens with one attached hydrogen (secondary N) is 2. The van der Waals surface area contributed by atoms with Crippen LogP contribution in [0.2, 0.25) is 0 Å². The summed E-state index contributed by atoms with van der Waals surface area (Å²) in [6, 6.07) is 9.27. The van der Waals surface area contributed by atoms with Crippen LogP contribution in [0.5, 0.6) is 0 Å². The van der Waals surface area contributed by atoms with Crippen LogP contribution >= 0.6 is 0 Å². The predicted molar refractivity (Wildman–Crippen MR) is 72.5 cm³/mol. The molecule has 6 heteroatoms. The molecule has 2 aromatic carbocycles. The monoisotopic (exact) mass is 290 g/mol. The van der Waals surface area contributed by atoms with Gasteiger partial charge < -0.3 is 0 Å². The van der Waals surface area contributed by atoms with Crippen LogP contribution in [0.1, 0.15) is 26.3 Å². The molecule has 0 aliphatic heterocycles. The lowest BCUT2D eigenvalue weighted by Crippen LogP contribution is -2.42. The van der Waals surface area contributed by atoms with Gasteiger partial charge in [0, 0.05) is 5.56 Å². The maximum Gasteiger partial charge on any atom is 0.272 e. The lowest BCUT2D eigenvalue weighted by atomic mass is 10.1. The molecule has 0 saturated heterocycles. The van der Waals surface area contributed by atoms with Gasteiger partial charge in [0.1, 0.15) is 11.6 Å². The molecule has 0 bridgehead atoms. The largest absolute Gasteiger partial charge is 0.272 e. The second-order valence-corrected chi connectivity index (χ2v) is 4.35. The first-order valence-corrected chi connectivity index (χ1v) is 6.10. The molecule has 0 spiro atoms. The number of rotatable bonds is 2. The number of carbonyl (C=O) groups excluding carboxylic acids is 2. The smallest absolute Gasteiger partial charge is 0.267 e. The van der Waals surface area contributed by atoms with E-state index < -0.39 is 23.4 Å². The van der Waals surface area contributed by atoms with E-state index in [-0.39, 0.29) is 11.1 Å². The van der Waals surface area contributed by atoms with Crippen LogP contribution in [-0.2, 0) is 0 Å². The van der Waals surface area contributed by atoms with Crippen molar-refractivity contribution < 1.29 is 18.4 Å². The van der Waals surface area contributed by atoms with Crippen LogP contribution < -0.4 is 10.9 Å². The summed E-state index contributed by atoms with van der Waals surface area (Å²) in [5.74, 6) is -2.72. The fraction of sp³-hybridized carbons (Fsp3) is 0.0667. The molecule has 0 unspecified atom stereocenters. The SMILES string of the molecule is Cc1ccc(C(=O)NNC(=O)c2ccccc2F)cc1F. The summed E-state index contributed by atoms with van der Waals surface area (Å²) in [7, 11) is 0. The van der Waals surface area contributed by atoms with Gasteiger partial charge in [-0.2, -0.15) is 0 Å². The van der Waals surface area contributed by atoms with Gasteiger partial charge in [0.05, 0.1) is 5.56 Å². The number of aryl methyl sites for hydroxylation is 1. The summed E-state index contributed by atoms with van der Waals surface area (Å²) in [4.78, 5) is 23.4. The van der Waals surface area contributed by atoms with Crippen molar-refractivity contribution in [3.8, 4) is 0 Å². The van der Waals surface area contributed by atoms with Crippen LogP contribution in [-0.4, -0.2) is 11.8 Å². The Labute approximate surface area is 119 Å². The van der Waals surface area contributed by atoms with Gasteiger partial charge in [0.25, 0.3) is 11.8 Å². The van der Waals surface area contributed by atoms with Crippen LogP contribution in [0.4, 0.5) is 8.78 Å². The predicted octanol–water partition coefficient (Wildman–Crippen LogP) is 2.35. The third-order valence-corrected chi connectivity index (χ3v) is 2.84. The van der Waals surface area contributed by atoms with E-state index in [0.29, 0.717) is 5.56 Å².